The number of carbonyl (C=O) groups is 1. The molecule has 2 aromatic carbocycles. The lowest BCUT2D eigenvalue weighted by molar-refractivity contribution is -0.147. The fourth-order valence-corrected chi connectivity index (χ4v) is 3.59. The van der Waals surface area contributed by atoms with Crippen molar-refractivity contribution in [3.05, 3.63) is 54.4 Å². The van der Waals surface area contributed by atoms with E-state index in [0.29, 0.717) is 4.57 Å². The molecule has 0 fully saturated rings. The molecule has 0 aliphatic rings. The van der Waals surface area contributed by atoms with Crippen molar-refractivity contribution < 1.29 is 35.2 Å². The Morgan fingerprint density at radius 2 is 1.69 bits per heavy atom. The first-order valence-electron chi connectivity index (χ1n) is 7.95. The predicted octanol–water partition coefficient (Wildman–Crippen LogP) is 3.69. The topological polar surface area (TPSA) is 81.1 Å². The summed E-state index contributed by atoms with van der Waals surface area (Å²) in [6, 6.07) is 10.00. The molecule has 0 radical (unpaired) electrons. The third-order valence-corrected chi connectivity index (χ3v) is 5.35. The van der Waals surface area contributed by atoms with Crippen molar-refractivity contribution >= 4 is 32.5 Å². The maximum atomic E-state index is 13.3. The number of imidazole rings is 1. The number of nitrogens with zero attached hydrogens (tertiary/aromatic N) is 2. The minimum absolute atomic E-state index is 0.00769. The zero-order valence-electron chi connectivity index (χ0n) is 14.3. The van der Waals surface area contributed by atoms with Crippen LogP contribution in [0.1, 0.15) is 5.82 Å². The molecule has 0 saturated heterocycles. The number of fused-ring (bicyclic) bond motifs is 1. The van der Waals surface area contributed by atoms with Crippen LogP contribution in [0, 0.1) is 0 Å². The van der Waals surface area contributed by atoms with Crippen LogP contribution in [0.3, 0.4) is 0 Å². The van der Waals surface area contributed by atoms with Crippen LogP contribution >= 0.6 is 0 Å². The van der Waals surface area contributed by atoms with Crippen LogP contribution in [0.2, 0.25) is 0 Å². The largest absolute Gasteiger partial charge is 0.449 e. The highest BCUT2D eigenvalue weighted by molar-refractivity contribution is 7.91. The van der Waals surface area contributed by atoms with Crippen molar-refractivity contribution in [3.63, 3.8) is 0 Å². The summed E-state index contributed by atoms with van der Waals surface area (Å²) in [6.07, 6.45) is -4.85. The monoisotopic (exact) mass is 433 g/mol. The molecule has 1 heterocycles. The van der Waals surface area contributed by atoms with E-state index < -0.39 is 50.6 Å². The molecule has 29 heavy (non-hydrogen) atoms. The van der Waals surface area contributed by atoms with E-state index in [1.165, 1.54) is 36.4 Å². The minimum Gasteiger partial charge on any atom is -0.323 e. The average molecular weight is 433 g/mol. The van der Waals surface area contributed by atoms with Gasteiger partial charge in [-0.25, -0.2) is 13.4 Å². The van der Waals surface area contributed by atoms with E-state index in [-0.39, 0.29) is 11.0 Å². The number of sulfone groups is 1. The Morgan fingerprint density at radius 3 is 2.34 bits per heavy atom. The SMILES string of the molecule is O=C(Cn1c(C(F)(F)F)nc2ccccc21)Nc1ccccc1S(=O)(=O)C(F)F. The maximum absolute atomic E-state index is 13.3. The van der Waals surface area contributed by atoms with Crippen molar-refractivity contribution in [3.8, 4) is 0 Å². The molecule has 0 saturated carbocycles. The molecule has 0 unspecified atom stereocenters. The first-order valence-corrected chi connectivity index (χ1v) is 9.50. The summed E-state index contributed by atoms with van der Waals surface area (Å²) in [5.41, 5.74) is -0.424. The predicted molar refractivity (Wildman–Crippen MR) is 93.0 cm³/mol. The van der Waals surface area contributed by atoms with Gasteiger partial charge in [0.1, 0.15) is 6.54 Å². The molecule has 1 amide bonds. The van der Waals surface area contributed by atoms with E-state index in [1.54, 1.807) is 0 Å². The van der Waals surface area contributed by atoms with Gasteiger partial charge in [0.15, 0.2) is 0 Å². The third kappa shape index (κ3) is 4.06. The Hall–Kier alpha value is -3.02. The van der Waals surface area contributed by atoms with E-state index in [1.807, 2.05) is 0 Å². The maximum Gasteiger partial charge on any atom is 0.449 e. The number of hydrogen-bond donors (Lipinski definition) is 1. The highest BCUT2D eigenvalue weighted by Crippen LogP contribution is 2.32. The van der Waals surface area contributed by atoms with Crippen LogP contribution in [0.4, 0.5) is 27.6 Å². The summed E-state index contributed by atoms with van der Waals surface area (Å²) >= 11 is 0. The molecule has 0 aliphatic carbocycles. The van der Waals surface area contributed by atoms with E-state index in [2.05, 4.69) is 10.3 Å². The molecule has 1 N–H and O–H groups in total. The average Bonchev–Trinajstić information content (AvgIpc) is 3.01. The second kappa shape index (κ2) is 7.43. The van der Waals surface area contributed by atoms with Crippen molar-refractivity contribution in [1.82, 2.24) is 9.55 Å². The number of nitrogens with one attached hydrogen (secondary N) is 1. The standard InChI is InChI=1S/C17H12F5N3O3S/c18-16(19)29(27,28)13-8-4-2-6-11(13)23-14(26)9-25-12-7-3-1-5-10(12)24-15(25)17(20,21)22/h1-8,16H,9H2,(H,23,26). The lowest BCUT2D eigenvalue weighted by Crippen LogP contribution is -2.24. The van der Waals surface area contributed by atoms with Crippen molar-refractivity contribution in [1.29, 1.82) is 0 Å². The molecule has 0 atom stereocenters. The lowest BCUT2D eigenvalue weighted by Gasteiger charge is -2.14. The van der Waals surface area contributed by atoms with Crippen LogP contribution in [0.15, 0.2) is 53.4 Å². The van der Waals surface area contributed by atoms with Crippen LogP contribution in [-0.2, 0) is 27.4 Å². The summed E-state index contributed by atoms with van der Waals surface area (Å²) in [5, 5.41) is 2.09. The van der Waals surface area contributed by atoms with E-state index in [0.717, 1.165) is 12.1 Å². The molecule has 154 valence electrons. The van der Waals surface area contributed by atoms with Gasteiger partial charge in [-0.05, 0) is 24.3 Å². The first kappa shape index (κ1) is 20.7. The molecule has 3 rings (SSSR count). The second-order valence-corrected chi connectivity index (χ2v) is 7.74. The highest BCUT2D eigenvalue weighted by atomic mass is 32.2. The Morgan fingerprint density at radius 1 is 1.07 bits per heavy atom. The number of halogens is 5. The molecular formula is C17H12F5N3O3S. The fourth-order valence-electron chi connectivity index (χ4n) is 2.70. The quantitative estimate of drug-likeness (QED) is 0.623. The zero-order chi connectivity index (χ0) is 21.4. The summed E-state index contributed by atoms with van der Waals surface area (Å²) in [5.74, 6) is -6.09. The van der Waals surface area contributed by atoms with Gasteiger partial charge in [0.05, 0.1) is 21.6 Å². The molecule has 3 aromatic rings. The Labute approximate surface area is 160 Å². The number of amides is 1. The fraction of sp³-hybridized carbons (Fsp3) is 0.176. The number of anilines is 1. The molecule has 0 spiro atoms. The number of para-hydroxylation sites is 3. The van der Waals surface area contributed by atoms with Gasteiger partial charge in [0, 0.05) is 0 Å². The van der Waals surface area contributed by atoms with E-state index in [4.69, 9.17) is 0 Å². The lowest BCUT2D eigenvalue weighted by atomic mass is 10.3. The normalized spacial score (nSPS) is 12.5. The van der Waals surface area contributed by atoms with Gasteiger partial charge in [0.2, 0.25) is 21.6 Å². The van der Waals surface area contributed by atoms with Gasteiger partial charge >= 0.3 is 11.9 Å². The van der Waals surface area contributed by atoms with Crippen LogP contribution in [0.25, 0.3) is 11.0 Å². The molecule has 0 bridgehead atoms. The number of hydrogen-bond acceptors (Lipinski definition) is 4. The van der Waals surface area contributed by atoms with Crippen LogP contribution in [0.5, 0.6) is 0 Å². The minimum atomic E-state index is -5.03. The van der Waals surface area contributed by atoms with E-state index >= 15 is 0 Å². The van der Waals surface area contributed by atoms with Crippen molar-refractivity contribution in [2.75, 3.05) is 5.32 Å². The van der Waals surface area contributed by atoms with Crippen molar-refractivity contribution in [2.24, 2.45) is 0 Å². The van der Waals surface area contributed by atoms with Crippen LogP contribution < -0.4 is 5.32 Å². The Kier molecular flexibility index (Phi) is 5.30. The summed E-state index contributed by atoms with van der Waals surface area (Å²) in [6.45, 7) is -0.863. The van der Waals surface area contributed by atoms with Gasteiger partial charge in [-0.1, -0.05) is 24.3 Å². The molecule has 12 heteroatoms. The van der Waals surface area contributed by atoms with Gasteiger partial charge in [-0.3, -0.25) is 4.79 Å². The molecule has 0 aliphatic heterocycles. The Bertz CT molecular complexity index is 1170. The van der Waals surface area contributed by atoms with Gasteiger partial charge in [-0.15, -0.1) is 0 Å². The summed E-state index contributed by atoms with van der Waals surface area (Å²) in [7, 11) is -5.03. The third-order valence-electron chi connectivity index (χ3n) is 3.91. The number of alkyl halides is 5. The number of carbonyl (C=O) groups excluding carboxylic acids is 1. The molecule has 6 nitrogen and oxygen atoms in total. The van der Waals surface area contributed by atoms with Crippen molar-refractivity contribution in [2.45, 2.75) is 23.4 Å². The highest BCUT2D eigenvalue weighted by Gasteiger charge is 2.38. The smallest absolute Gasteiger partial charge is 0.323 e. The first-order chi connectivity index (χ1) is 13.5. The van der Waals surface area contributed by atoms with Crippen LogP contribution in [-0.4, -0.2) is 29.6 Å². The molecule has 1 aromatic heterocycles. The zero-order valence-corrected chi connectivity index (χ0v) is 15.1. The summed E-state index contributed by atoms with van der Waals surface area (Å²) < 4.78 is 89.7. The molecular weight excluding hydrogens is 421 g/mol. The number of rotatable bonds is 5. The summed E-state index contributed by atoms with van der Waals surface area (Å²) in [4.78, 5) is 15.0. The number of aromatic nitrogens is 2. The van der Waals surface area contributed by atoms with E-state index in [9.17, 15) is 35.2 Å². The second-order valence-electron chi connectivity index (χ2n) is 5.86. The van der Waals surface area contributed by atoms with Gasteiger partial charge < -0.3 is 9.88 Å². The number of benzene rings is 2. The van der Waals surface area contributed by atoms with Gasteiger partial charge in [-0.2, -0.15) is 22.0 Å². The Balaban J connectivity index is 1.96. The van der Waals surface area contributed by atoms with Gasteiger partial charge in [0.25, 0.3) is 0 Å².